The third-order valence-electron chi connectivity index (χ3n) is 2.77. The third-order valence-corrected chi connectivity index (χ3v) is 3.10. The first-order valence-corrected chi connectivity index (χ1v) is 5.53. The highest BCUT2D eigenvalue weighted by molar-refractivity contribution is 6.33. The van der Waals surface area contributed by atoms with Crippen LogP contribution in [0.15, 0.2) is 18.2 Å². The molecule has 1 atom stereocenters. The zero-order valence-corrected chi connectivity index (χ0v) is 9.24. The molecule has 3 nitrogen and oxygen atoms in total. The molecule has 1 aromatic carbocycles. The lowest BCUT2D eigenvalue weighted by Crippen LogP contribution is -2.38. The fraction of sp³-hybridized carbons (Fsp3) is 0.455. The van der Waals surface area contributed by atoms with Crippen molar-refractivity contribution in [3.8, 4) is 0 Å². The second kappa shape index (κ2) is 4.29. The van der Waals surface area contributed by atoms with Gasteiger partial charge in [-0.1, -0.05) is 17.7 Å². The van der Waals surface area contributed by atoms with Crippen molar-refractivity contribution >= 4 is 23.0 Å². The number of benzene rings is 1. The molecule has 1 aromatic rings. The Hall–Kier alpha value is -0.930. The van der Waals surface area contributed by atoms with E-state index >= 15 is 0 Å². The first kappa shape index (κ1) is 10.6. The van der Waals surface area contributed by atoms with Gasteiger partial charge in [0.1, 0.15) is 0 Å². The maximum absolute atomic E-state index is 9.59. The van der Waals surface area contributed by atoms with Crippen LogP contribution in [0, 0.1) is 0 Å². The van der Waals surface area contributed by atoms with Gasteiger partial charge >= 0.3 is 0 Å². The Labute approximate surface area is 94.4 Å². The lowest BCUT2D eigenvalue weighted by atomic mass is 10.1. The second-order valence-corrected chi connectivity index (χ2v) is 4.32. The van der Waals surface area contributed by atoms with E-state index in [0.29, 0.717) is 17.3 Å². The number of para-hydroxylation sites is 1. The normalized spacial score (nSPS) is 21.7. The van der Waals surface area contributed by atoms with Gasteiger partial charge in [0.15, 0.2) is 0 Å². The van der Waals surface area contributed by atoms with E-state index in [1.807, 2.05) is 12.1 Å². The molecule has 4 heteroatoms. The zero-order chi connectivity index (χ0) is 10.8. The molecule has 0 amide bonds. The van der Waals surface area contributed by atoms with Crippen molar-refractivity contribution in [3.63, 3.8) is 0 Å². The molecule has 1 saturated heterocycles. The number of nitrogens with zero attached hydrogens (tertiary/aromatic N) is 1. The van der Waals surface area contributed by atoms with Crippen LogP contribution in [0.5, 0.6) is 0 Å². The van der Waals surface area contributed by atoms with Gasteiger partial charge in [0.2, 0.25) is 0 Å². The smallest absolute Gasteiger partial charge is 0.0741 e. The van der Waals surface area contributed by atoms with Crippen molar-refractivity contribution in [2.24, 2.45) is 0 Å². The Bertz CT molecular complexity index is 356. The number of aliphatic hydroxyl groups excluding tert-OH is 1. The first-order valence-electron chi connectivity index (χ1n) is 5.15. The number of β-amino-alcohol motifs (C(OH)–C–C–N with tert-alkyl or cyclic N) is 1. The average molecular weight is 227 g/mol. The van der Waals surface area contributed by atoms with Crippen LogP contribution in [0.25, 0.3) is 0 Å². The predicted molar refractivity (Wildman–Crippen MR) is 63.3 cm³/mol. The summed E-state index contributed by atoms with van der Waals surface area (Å²) in [7, 11) is 0. The number of nitrogen functional groups attached to an aromatic ring is 1. The summed E-state index contributed by atoms with van der Waals surface area (Å²) in [5.41, 5.74) is 7.44. The number of anilines is 2. The Morgan fingerprint density at radius 3 is 3.00 bits per heavy atom. The van der Waals surface area contributed by atoms with E-state index in [-0.39, 0.29) is 6.10 Å². The van der Waals surface area contributed by atoms with Crippen LogP contribution in [-0.2, 0) is 0 Å². The van der Waals surface area contributed by atoms with Gasteiger partial charge in [-0.25, -0.2) is 0 Å². The SMILES string of the molecule is Nc1c(Cl)cccc1N1CCCC(O)C1. The summed E-state index contributed by atoms with van der Waals surface area (Å²) in [5.74, 6) is 0. The Balaban J connectivity index is 2.24. The molecule has 82 valence electrons. The Kier molecular flexibility index (Phi) is 3.03. The third kappa shape index (κ3) is 2.19. The topological polar surface area (TPSA) is 49.5 Å². The first-order chi connectivity index (χ1) is 7.18. The van der Waals surface area contributed by atoms with Crippen LogP contribution in [0.2, 0.25) is 5.02 Å². The summed E-state index contributed by atoms with van der Waals surface area (Å²) in [6.07, 6.45) is 1.61. The van der Waals surface area contributed by atoms with E-state index in [9.17, 15) is 5.11 Å². The fourth-order valence-corrected chi connectivity index (χ4v) is 2.14. The average Bonchev–Trinajstić information content (AvgIpc) is 2.22. The number of hydrogen-bond donors (Lipinski definition) is 2. The van der Waals surface area contributed by atoms with Crippen LogP contribution >= 0.6 is 11.6 Å². The number of aliphatic hydroxyl groups is 1. The maximum Gasteiger partial charge on any atom is 0.0741 e. The van der Waals surface area contributed by atoms with Crippen LogP contribution in [0.1, 0.15) is 12.8 Å². The Morgan fingerprint density at radius 2 is 2.27 bits per heavy atom. The highest BCUT2D eigenvalue weighted by atomic mass is 35.5. The fourth-order valence-electron chi connectivity index (χ4n) is 1.97. The van der Waals surface area contributed by atoms with Gasteiger partial charge in [0.25, 0.3) is 0 Å². The van der Waals surface area contributed by atoms with Crippen LogP contribution in [0.3, 0.4) is 0 Å². The minimum absolute atomic E-state index is 0.253. The van der Waals surface area contributed by atoms with Crippen molar-refractivity contribution in [1.29, 1.82) is 0 Å². The maximum atomic E-state index is 9.59. The molecular formula is C11H15ClN2O. The van der Waals surface area contributed by atoms with Crippen molar-refractivity contribution in [3.05, 3.63) is 23.2 Å². The van der Waals surface area contributed by atoms with E-state index in [0.717, 1.165) is 25.1 Å². The highest BCUT2D eigenvalue weighted by Gasteiger charge is 2.19. The highest BCUT2D eigenvalue weighted by Crippen LogP contribution is 2.31. The summed E-state index contributed by atoms with van der Waals surface area (Å²) in [4.78, 5) is 2.09. The van der Waals surface area contributed by atoms with Crippen LogP contribution in [0.4, 0.5) is 11.4 Å². The number of piperidine rings is 1. The van der Waals surface area contributed by atoms with Gasteiger partial charge in [-0.2, -0.15) is 0 Å². The van der Waals surface area contributed by atoms with Crippen molar-refractivity contribution < 1.29 is 5.11 Å². The molecule has 0 radical (unpaired) electrons. The van der Waals surface area contributed by atoms with Gasteiger partial charge < -0.3 is 15.7 Å². The van der Waals surface area contributed by atoms with Crippen LogP contribution < -0.4 is 10.6 Å². The standard InChI is InChI=1S/C11H15ClN2O/c12-9-4-1-5-10(11(9)13)14-6-2-3-8(15)7-14/h1,4-5,8,15H,2-3,6-7,13H2. The second-order valence-electron chi connectivity index (χ2n) is 3.91. The number of hydrogen-bond acceptors (Lipinski definition) is 3. The zero-order valence-electron chi connectivity index (χ0n) is 8.49. The molecule has 15 heavy (non-hydrogen) atoms. The molecule has 0 aliphatic carbocycles. The summed E-state index contributed by atoms with van der Waals surface area (Å²) >= 11 is 5.96. The number of rotatable bonds is 1. The molecule has 2 rings (SSSR count). The quantitative estimate of drug-likeness (QED) is 0.719. The van der Waals surface area contributed by atoms with E-state index in [2.05, 4.69) is 4.90 Å². The molecule has 3 N–H and O–H groups in total. The molecular weight excluding hydrogens is 212 g/mol. The van der Waals surface area contributed by atoms with Gasteiger partial charge in [-0.3, -0.25) is 0 Å². The minimum atomic E-state index is -0.253. The van der Waals surface area contributed by atoms with E-state index in [1.54, 1.807) is 6.07 Å². The molecule has 1 aliphatic rings. The van der Waals surface area contributed by atoms with Crippen LogP contribution in [-0.4, -0.2) is 24.3 Å². The van der Waals surface area contributed by atoms with Gasteiger partial charge in [0.05, 0.1) is 22.5 Å². The van der Waals surface area contributed by atoms with Gasteiger partial charge in [-0.05, 0) is 25.0 Å². The molecule has 1 aliphatic heterocycles. The summed E-state index contributed by atoms with van der Waals surface area (Å²) < 4.78 is 0. The summed E-state index contributed by atoms with van der Waals surface area (Å²) in [6.45, 7) is 1.58. The lowest BCUT2D eigenvalue weighted by Gasteiger charge is -2.32. The van der Waals surface area contributed by atoms with Gasteiger partial charge in [-0.15, -0.1) is 0 Å². The molecule has 0 aromatic heterocycles. The number of halogens is 1. The van der Waals surface area contributed by atoms with E-state index in [1.165, 1.54) is 0 Å². The predicted octanol–water partition coefficient (Wildman–Crippen LogP) is 1.88. The molecule has 1 unspecified atom stereocenters. The molecule has 0 spiro atoms. The minimum Gasteiger partial charge on any atom is -0.396 e. The van der Waals surface area contributed by atoms with E-state index in [4.69, 9.17) is 17.3 Å². The molecule has 1 heterocycles. The monoisotopic (exact) mass is 226 g/mol. The molecule has 0 bridgehead atoms. The summed E-state index contributed by atoms with van der Waals surface area (Å²) in [5, 5.41) is 10.2. The number of nitrogens with two attached hydrogens (primary N) is 1. The molecule has 1 fully saturated rings. The largest absolute Gasteiger partial charge is 0.396 e. The molecule has 0 saturated carbocycles. The van der Waals surface area contributed by atoms with E-state index < -0.39 is 0 Å². The lowest BCUT2D eigenvalue weighted by molar-refractivity contribution is 0.154. The Morgan fingerprint density at radius 1 is 1.47 bits per heavy atom. The van der Waals surface area contributed by atoms with Gasteiger partial charge in [0, 0.05) is 13.1 Å². The van der Waals surface area contributed by atoms with Crippen molar-refractivity contribution in [2.45, 2.75) is 18.9 Å². The van der Waals surface area contributed by atoms with Crippen molar-refractivity contribution in [1.82, 2.24) is 0 Å². The van der Waals surface area contributed by atoms with Crippen molar-refractivity contribution in [2.75, 3.05) is 23.7 Å². The summed E-state index contributed by atoms with van der Waals surface area (Å²) in [6, 6.07) is 5.61.